The third-order valence-corrected chi connectivity index (χ3v) is 2.90. The van der Waals surface area contributed by atoms with Crippen LogP contribution in [0.25, 0.3) is 0 Å². The van der Waals surface area contributed by atoms with E-state index in [0.717, 1.165) is 5.69 Å². The zero-order valence-electron chi connectivity index (χ0n) is 8.61. The van der Waals surface area contributed by atoms with Crippen molar-refractivity contribution in [3.63, 3.8) is 0 Å². The molecule has 0 saturated carbocycles. The quantitative estimate of drug-likeness (QED) is 0.736. The van der Waals surface area contributed by atoms with Crippen LogP contribution in [0.4, 0.5) is 5.82 Å². The summed E-state index contributed by atoms with van der Waals surface area (Å²) in [6.45, 7) is 1.17. The van der Waals surface area contributed by atoms with Crippen LogP contribution in [0, 0.1) is 0 Å². The largest absolute Gasteiger partial charge is 0.384 e. The minimum Gasteiger partial charge on any atom is -0.384 e. The van der Waals surface area contributed by atoms with Gasteiger partial charge in [-0.2, -0.15) is 0 Å². The van der Waals surface area contributed by atoms with Crippen LogP contribution in [0.3, 0.4) is 0 Å². The highest BCUT2D eigenvalue weighted by molar-refractivity contribution is 5.29. The molecule has 2 heterocycles. The summed E-state index contributed by atoms with van der Waals surface area (Å²) in [5.41, 5.74) is 6.80. The number of hydrogen-bond acceptors (Lipinski definition) is 3. The summed E-state index contributed by atoms with van der Waals surface area (Å²) in [7, 11) is 2.16. The number of rotatable bonds is 1. The number of piperidine rings is 1. The predicted molar refractivity (Wildman–Crippen MR) is 57.9 cm³/mol. The zero-order chi connectivity index (χ0) is 9.97. The molecule has 2 rings (SSSR count). The van der Waals surface area contributed by atoms with Crippen molar-refractivity contribution in [3.8, 4) is 0 Å². The van der Waals surface area contributed by atoms with Crippen molar-refractivity contribution in [3.05, 3.63) is 23.9 Å². The molecule has 1 aliphatic heterocycles. The molecule has 3 nitrogen and oxygen atoms in total. The average molecular weight is 191 g/mol. The van der Waals surface area contributed by atoms with Gasteiger partial charge in [-0.05, 0) is 38.6 Å². The fourth-order valence-corrected chi connectivity index (χ4v) is 2.10. The maximum Gasteiger partial charge on any atom is 0.123 e. The molecule has 0 bridgehead atoms. The molecule has 2 N–H and O–H groups in total. The van der Waals surface area contributed by atoms with E-state index in [1.54, 1.807) is 0 Å². The Kier molecular flexibility index (Phi) is 2.68. The Morgan fingerprint density at radius 2 is 2.29 bits per heavy atom. The smallest absolute Gasteiger partial charge is 0.123 e. The molecule has 0 aromatic carbocycles. The number of nitrogens with two attached hydrogens (primary N) is 1. The summed E-state index contributed by atoms with van der Waals surface area (Å²) in [6, 6.07) is 6.36. The molecule has 0 radical (unpaired) electrons. The van der Waals surface area contributed by atoms with Crippen LogP contribution >= 0.6 is 0 Å². The predicted octanol–water partition coefficient (Wildman–Crippen LogP) is 1.82. The summed E-state index contributed by atoms with van der Waals surface area (Å²) in [5, 5.41) is 0. The van der Waals surface area contributed by atoms with Gasteiger partial charge in [0.05, 0.1) is 11.7 Å². The van der Waals surface area contributed by atoms with Gasteiger partial charge in [0.2, 0.25) is 0 Å². The highest BCUT2D eigenvalue weighted by Crippen LogP contribution is 2.28. The maximum absolute atomic E-state index is 5.68. The van der Waals surface area contributed by atoms with Gasteiger partial charge in [-0.15, -0.1) is 0 Å². The van der Waals surface area contributed by atoms with Gasteiger partial charge in [0.1, 0.15) is 5.82 Å². The monoisotopic (exact) mass is 191 g/mol. The summed E-state index contributed by atoms with van der Waals surface area (Å²) in [5.74, 6) is 0.626. The number of nitrogen functional groups attached to an aromatic ring is 1. The van der Waals surface area contributed by atoms with E-state index in [1.807, 2.05) is 12.1 Å². The first-order valence-corrected chi connectivity index (χ1v) is 5.20. The maximum atomic E-state index is 5.68. The van der Waals surface area contributed by atoms with E-state index in [-0.39, 0.29) is 0 Å². The molecule has 1 saturated heterocycles. The van der Waals surface area contributed by atoms with E-state index in [1.165, 1.54) is 25.8 Å². The van der Waals surface area contributed by atoms with Crippen molar-refractivity contribution >= 4 is 5.82 Å². The zero-order valence-corrected chi connectivity index (χ0v) is 8.61. The van der Waals surface area contributed by atoms with Crippen LogP contribution in [0.2, 0.25) is 0 Å². The third kappa shape index (κ3) is 1.87. The van der Waals surface area contributed by atoms with Crippen LogP contribution in [-0.2, 0) is 0 Å². The number of pyridine rings is 1. The number of nitrogens with zero attached hydrogens (tertiary/aromatic N) is 2. The molecule has 1 aliphatic rings. The highest BCUT2D eigenvalue weighted by atomic mass is 15.1. The van der Waals surface area contributed by atoms with Crippen molar-refractivity contribution in [2.75, 3.05) is 19.3 Å². The van der Waals surface area contributed by atoms with Gasteiger partial charge in [0, 0.05) is 0 Å². The second-order valence-corrected chi connectivity index (χ2v) is 3.98. The fraction of sp³-hybridized carbons (Fsp3) is 0.545. The Morgan fingerprint density at radius 3 is 3.00 bits per heavy atom. The van der Waals surface area contributed by atoms with Gasteiger partial charge in [0.25, 0.3) is 0 Å². The van der Waals surface area contributed by atoms with Gasteiger partial charge in [-0.3, -0.25) is 4.90 Å². The molecular formula is C11H17N3. The Balaban J connectivity index is 2.20. The van der Waals surface area contributed by atoms with Crippen LogP contribution in [0.5, 0.6) is 0 Å². The van der Waals surface area contributed by atoms with Gasteiger partial charge in [0.15, 0.2) is 0 Å². The second kappa shape index (κ2) is 3.96. The number of anilines is 1. The molecule has 1 aromatic rings. The van der Waals surface area contributed by atoms with Crippen LogP contribution in [-0.4, -0.2) is 23.5 Å². The first kappa shape index (κ1) is 9.46. The Hall–Kier alpha value is -1.09. The van der Waals surface area contributed by atoms with E-state index in [2.05, 4.69) is 23.0 Å². The molecule has 0 aliphatic carbocycles. The molecule has 1 atom stereocenters. The van der Waals surface area contributed by atoms with Crippen LogP contribution < -0.4 is 5.73 Å². The molecule has 1 unspecified atom stereocenters. The van der Waals surface area contributed by atoms with E-state index < -0.39 is 0 Å². The summed E-state index contributed by atoms with van der Waals surface area (Å²) >= 11 is 0. The van der Waals surface area contributed by atoms with E-state index in [9.17, 15) is 0 Å². The van der Waals surface area contributed by atoms with Crippen LogP contribution in [0.15, 0.2) is 18.2 Å². The lowest BCUT2D eigenvalue weighted by atomic mass is 10.00. The lowest BCUT2D eigenvalue weighted by Gasteiger charge is -2.31. The lowest BCUT2D eigenvalue weighted by molar-refractivity contribution is 0.184. The molecule has 1 fully saturated rings. The first-order chi connectivity index (χ1) is 6.77. The number of likely N-dealkylation sites (tertiary alicyclic amines) is 1. The second-order valence-electron chi connectivity index (χ2n) is 3.98. The Labute approximate surface area is 84.9 Å². The van der Waals surface area contributed by atoms with Crippen molar-refractivity contribution in [1.29, 1.82) is 0 Å². The minimum atomic E-state index is 0.465. The molecule has 76 valence electrons. The topological polar surface area (TPSA) is 42.1 Å². The standard InChI is InChI=1S/C11H17N3/c1-14-8-3-2-6-10(14)9-5-4-7-11(12)13-9/h4-5,7,10H,2-3,6,8H2,1H3,(H2,12,13). The van der Waals surface area contributed by atoms with E-state index >= 15 is 0 Å². The van der Waals surface area contributed by atoms with Crippen molar-refractivity contribution in [2.24, 2.45) is 0 Å². The summed E-state index contributed by atoms with van der Waals surface area (Å²) in [6.07, 6.45) is 3.80. The Morgan fingerprint density at radius 1 is 1.43 bits per heavy atom. The minimum absolute atomic E-state index is 0.465. The molecule has 0 amide bonds. The first-order valence-electron chi connectivity index (χ1n) is 5.20. The van der Waals surface area contributed by atoms with E-state index in [4.69, 9.17) is 5.73 Å². The highest BCUT2D eigenvalue weighted by Gasteiger charge is 2.21. The van der Waals surface area contributed by atoms with Crippen molar-refractivity contribution in [2.45, 2.75) is 25.3 Å². The van der Waals surface area contributed by atoms with E-state index in [0.29, 0.717) is 11.9 Å². The number of aromatic nitrogens is 1. The van der Waals surface area contributed by atoms with Gasteiger partial charge in [-0.25, -0.2) is 4.98 Å². The van der Waals surface area contributed by atoms with Crippen molar-refractivity contribution in [1.82, 2.24) is 9.88 Å². The normalized spacial score (nSPS) is 23.6. The van der Waals surface area contributed by atoms with Crippen LogP contribution in [0.1, 0.15) is 31.0 Å². The molecule has 14 heavy (non-hydrogen) atoms. The number of hydrogen-bond donors (Lipinski definition) is 1. The van der Waals surface area contributed by atoms with Crippen molar-refractivity contribution < 1.29 is 0 Å². The molecule has 1 aromatic heterocycles. The Bertz CT molecular complexity index is 311. The van der Waals surface area contributed by atoms with Gasteiger partial charge < -0.3 is 5.73 Å². The fourth-order valence-electron chi connectivity index (χ4n) is 2.10. The molecular weight excluding hydrogens is 174 g/mol. The molecule has 3 heteroatoms. The summed E-state index contributed by atoms with van der Waals surface area (Å²) < 4.78 is 0. The average Bonchev–Trinajstić information content (AvgIpc) is 2.18. The SMILES string of the molecule is CN1CCCCC1c1cccc(N)n1. The summed E-state index contributed by atoms with van der Waals surface area (Å²) in [4.78, 5) is 6.75. The molecule has 0 spiro atoms. The lowest BCUT2D eigenvalue weighted by Crippen LogP contribution is -2.30. The van der Waals surface area contributed by atoms with Gasteiger partial charge in [-0.1, -0.05) is 12.5 Å². The third-order valence-electron chi connectivity index (χ3n) is 2.90. The van der Waals surface area contributed by atoms with Gasteiger partial charge >= 0.3 is 0 Å².